The number of ether oxygens (including phenoxy) is 1. The lowest BCUT2D eigenvalue weighted by molar-refractivity contribution is 0.0956. The van der Waals surface area contributed by atoms with E-state index in [1.165, 1.54) is 11.3 Å². The summed E-state index contributed by atoms with van der Waals surface area (Å²) in [6, 6.07) is 11.9. The van der Waals surface area contributed by atoms with Crippen LogP contribution in [-0.4, -0.2) is 19.1 Å². The Labute approximate surface area is 136 Å². The summed E-state index contributed by atoms with van der Waals surface area (Å²) in [5, 5.41) is 2.97. The molecule has 1 aromatic carbocycles. The second-order valence-corrected chi connectivity index (χ2v) is 6.64. The molecule has 0 saturated carbocycles. The van der Waals surface area contributed by atoms with Crippen molar-refractivity contribution in [3.8, 4) is 16.2 Å². The lowest BCUT2D eigenvalue weighted by atomic mass is 10.1. The van der Waals surface area contributed by atoms with Gasteiger partial charge < -0.3 is 10.1 Å². The number of carbonyl (C=O) groups excluding carboxylic acids is 1. The van der Waals surface area contributed by atoms with Gasteiger partial charge in [0, 0.05) is 11.4 Å². The molecular formula is C18H23NO2S. The van der Waals surface area contributed by atoms with Crippen molar-refractivity contribution in [2.75, 3.05) is 13.2 Å². The summed E-state index contributed by atoms with van der Waals surface area (Å²) in [5.41, 5.74) is 1.11. The van der Waals surface area contributed by atoms with Crippen LogP contribution in [0.2, 0.25) is 0 Å². The van der Waals surface area contributed by atoms with Gasteiger partial charge in [0.15, 0.2) is 0 Å². The van der Waals surface area contributed by atoms with Crippen molar-refractivity contribution in [1.82, 2.24) is 5.32 Å². The van der Waals surface area contributed by atoms with Crippen LogP contribution in [0.25, 0.3) is 10.4 Å². The molecule has 3 nitrogen and oxygen atoms in total. The zero-order valence-corrected chi connectivity index (χ0v) is 14.2. The summed E-state index contributed by atoms with van der Waals surface area (Å²) >= 11 is 1.52. The SMILES string of the molecule is CCOc1ccc(-c2ccc(C(=O)NCCC(C)C)s2)cc1. The minimum absolute atomic E-state index is 0.0165. The van der Waals surface area contributed by atoms with E-state index in [4.69, 9.17) is 4.74 Å². The lowest BCUT2D eigenvalue weighted by Crippen LogP contribution is -2.24. The van der Waals surface area contributed by atoms with Crippen LogP contribution >= 0.6 is 11.3 Å². The van der Waals surface area contributed by atoms with Gasteiger partial charge in [-0.05, 0) is 61.2 Å². The molecule has 118 valence electrons. The van der Waals surface area contributed by atoms with Crippen LogP contribution in [0.5, 0.6) is 5.75 Å². The monoisotopic (exact) mass is 317 g/mol. The number of thiophene rings is 1. The van der Waals surface area contributed by atoms with E-state index in [9.17, 15) is 4.79 Å². The topological polar surface area (TPSA) is 38.3 Å². The van der Waals surface area contributed by atoms with Gasteiger partial charge in [-0.15, -0.1) is 11.3 Å². The van der Waals surface area contributed by atoms with Crippen molar-refractivity contribution in [2.45, 2.75) is 27.2 Å². The van der Waals surface area contributed by atoms with Gasteiger partial charge >= 0.3 is 0 Å². The number of rotatable bonds is 7. The zero-order valence-electron chi connectivity index (χ0n) is 13.4. The maximum atomic E-state index is 12.1. The molecule has 0 bridgehead atoms. The molecule has 0 aliphatic heterocycles. The van der Waals surface area contributed by atoms with E-state index < -0.39 is 0 Å². The summed E-state index contributed by atoms with van der Waals surface area (Å²) in [6.45, 7) is 7.67. The normalized spacial score (nSPS) is 10.7. The molecule has 0 spiro atoms. The molecule has 4 heteroatoms. The Morgan fingerprint density at radius 1 is 1.18 bits per heavy atom. The van der Waals surface area contributed by atoms with Crippen LogP contribution in [0, 0.1) is 5.92 Å². The zero-order chi connectivity index (χ0) is 15.9. The average Bonchev–Trinajstić information content (AvgIpc) is 2.98. The number of carbonyl (C=O) groups is 1. The first-order valence-corrected chi connectivity index (χ1v) is 8.53. The summed E-state index contributed by atoms with van der Waals surface area (Å²) in [4.78, 5) is 13.9. The average molecular weight is 317 g/mol. The summed E-state index contributed by atoms with van der Waals surface area (Å²) in [6.07, 6.45) is 1.00. The van der Waals surface area contributed by atoms with Crippen molar-refractivity contribution < 1.29 is 9.53 Å². The third-order valence-corrected chi connectivity index (χ3v) is 4.42. The fourth-order valence-corrected chi connectivity index (χ4v) is 2.99. The van der Waals surface area contributed by atoms with Crippen LogP contribution in [0.15, 0.2) is 36.4 Å². The maximum Gasteiger partial charge on any atom is 0.261 e. The number of nitrogens with one attached hydrogen (secondary N) is 1. The van der Waals surface area contributed by atoms with E-state index >= 15 is 0 Å². The summed E-state index contributed by atoms with van der Waals surface area (Å²) < 4.78 is 5.44. The third-order valence-electron chi connectivity index (χ3n) is 3.29. The highest BCUT2D eigenvalue weighted by Gasteiger charge is 2.10. The van der Waals surface area contributed by atoms with E-state index in [-0.39, 0.29) is 5.91 Å². The quantitative estimate of drug-likeness (QED) is 0.811. The van der Waals surface area contributed by atoms with Crippen molar-refractivity contribution in [2.24, 2.45) is 5.92 Å². The van der Waals surface area contributed by atoms with Gasteiger partial charge in [-0.2, -0.15) is 0 Å². The Morgan fingerprint density at radius 3 is 2.55 bits per heavy atom. The summed E-state index contributed by atoms with van der Waals surface area (Å²) in [5.74, 6) is 1.49. The first kappa shape index (κ1) is 16.6. The highest BCUT2D eigenvalue weighted by molar-refractivity contribution is 7.17. The highest BCUT2D eigenvalue weighted by Crippen LogP contribution is 2.29. The predicted molar refractivity (Wildman–Crippen MR) is 92.7 cm³/mol. The molecule has 0 unspecified atom stereocenters. The van der Waals surface area contributed by atoms with Crippen molar-refractivity contribution >= 4 is 17.2 Å². The minimum Gasteiger partial charge on any atom is -0.494 e. The minimum atomic E-state index is 0.0165. The largest absolute Gasteiger partial charge is 0.494 e. The van der Waals surface area contributed by atoms with E-state index in [0.717, 1.165) is 34.0 Å². The van der Waals surface area contributed by atoms with Crippen LogP contribution in [0.1, 0.15) is 36.9 Å². The molecule has 2 rings (SSSR count). The van der Waals surface area contributed by atoms with Crippen LogP contribution in [-0.2, 0) is 0 Å². The van der Waals surface area contributed by atoms with E-state index in [1.54, 1.807) is 0 Å². The van der Waals surface area contributed by atoms with E-state index in [0.29, 0.717) is 12.5 Å². The lowest BCUT2D eigenvalue weighted by Gasteiger charge is -2.05. The smallest absolute Gasteiger partial charge is 0.261 e. The molecule has 0 fully saturated rings. The maximum absolute atomic E-state index is 12.1. The molecule has 1 aromatic heterocycles. The number of benzene rings is 1. The Balaban J connectivity index is 1.99. The van der Waals surface area contributed by atoms with E-state index in [2.05, 4.69) is 19.2 Å². The number of amides is 1. The molecular weight excluding hydrogens is 294 g/mol. The van der Waals surface area contributed by atoms with Gasteiger partial charge in [-0.25, -0.2) is 0 Å². The van der Waals surface area contributed by atoms with Gasteiger partial charge in [0.25, 0.3) is 5.91 Å². The van der Waals surface area contributed by atoms with Crippen molar-refractivity contribution in [1.29, 1.82) is 0 Å². The molecule has 0 aliphatic rings. The third kappa shape index (κ3) is 4.60. The molecule has 0 atom stereocenters. The first-order chi connectivity index (χ1) is 10.6. The number of hydrogen-bond donors (Lipinski definition) is 1. The fraction of sp³-hybridized carbons (Fsp3) is 0.389. The Hall–Kier alpha value is -1.81. The van der Waals surface area contributed by atoms with Gasteiger partial charge in [-0.3, -0.25) is 4.79 Å². The first-order valence-electron chi connectivity index (χ1n) is 7.71. The fourth-order valence-electron chi connectivity index (χ4n) is 2.06. The second-order valence-electron chi connectivity index (χ2n) is 5.56. The van der Waals surface area contributed by atoms with Gasteiger partial charge in [0.05, 0.1) is 11.5 Å². The van der Waals surface area contributed by atoms with Crippen LogP contribution in [0.4, 0.5) is 0 Å². The number of hydrogen-bond acceptors (Lipinski definition) is 3. The Morgan fingerprint density at radius 2 is 1.91 bits per heavy atom. The molecule has 0 saturated heterocycles. The van der Waals surface area contributed by atoms with Crippen LogP contribution < -0.4 is 10.1 Å². The van der Waals surface area contributed by atoms with Gasteiger partial charge in [0.2, 0.25) is 0 Å². The highest BCUT2D eigenvalue weighted by atomic mass is 32.1. The Bertz CT molecular complexity index is 602. The molecule has 2 aromatic rings. The van der Waals surface area contributed by atoms with Gasteiger partial charge in [0.1, 0.15) is 5.75 Å². The summed E-state index contributed by atoms with van der Waals surface area (Å²) in [7, 11) is 0. The molecule has 1 heterocycles. The molecule has 1 N–H and O–H groups in total. The second kappa shape index (κ2) is 7.99. The van der Waals surface area contributed by atoms with Crippen LogP contribution in [0.3, 0.4) is 0 Å². The standard InChI is InChI=1S/C18H23NO2S/c1-4-21-15-7-5-14(6-8-15)16-9-10-17(22-16)18(20)19-12-11-13(2)3/h5-10,13H,4,11-12H2,1-3H3,(H,19,20). The molecule has 1 amide bonds. The van der Waals surface area contributed by atoms with Crippen molar-refractivity contribution in [3.63, 3.8) is 0 Å². The van der Waals surface area contributed by atoms with E-state index in [1.807, 2.05) is 43.3 Å². The molecule has 0 radical (unpaired) electrons. The molecule has 0 aliphatic carbocycles. The predicted octanol–water partition coefficient (Wildman–Crippen LogP) is 4.59. The van der Waals surface area contributed by atoms with Gasteiger partial charge in [-0.1, -0.05) is 13.8 Å². The Kier molecular flexibility index (Phi) is 6.01. The molecule has 22 heavy (non-hydrogen) atoms. The van der Waals surface area contributed by atoms with Crippen molar-refractivity contribution in [3.05, 3.63) is 41.3 Å².